The summed E-state index contributed by atoms with van der Waals surface area (Å²) < 4.78 is 2.55. The molecular weight excluding hydrogens is 234 g/mol. The Balaban J connectivity index is 2.88. The zero-order valence-electron chi connectivity index (χ0n) is 6.86. The second-order valence-corrected chi connectivity index (χ2v) is 3.60. The van der Waals surface area contributed by atoms with Crippen molar-refractivity contribution in [2.75, 3.05) is 0 Å². The van der Waals surface area contributed by atoms with Crippen LogP contribution in [0, 0.1) is 11.8 Å². The highest BCUT2D eigenvalue weighted by atomic mass is 79.9. The number of nitroso groups, excluding NO2 is 1. The van der Waals surface area contributed by atoms with Gasteiger partial charge in [0.25, 0.3) is 0 Å². The molecule has 0 amide bonds. The van der Waals surface area contributed by atoms with Gasteiger partial charge < -0.3 is 0 Å². The molecule has 2 heterocycles. The minimum Gasteiger partial charge on any atom is -0.280 e. The van der Waals surface area contributed by atoms with E-state index in [4.69, 9.17) is 0 Å². The Hall–Kier alpha value is -1.23. The van der Waals surface area contributed by atoms with Crippen LogP contribution in [0.1, 0.15) is 5.69 Å². The molecule has 0 aliphatic heterocycles. The smallest absolute Gasteiger partial charge is 0.204 e. The Morgan fingerprint density at radius 1 is 1.54 bits per heavy atom. The second-order valence-electron chi connectivity index (χ2n) is 2.69. The number of hydrogen-bond donors (Lipinski definition) is 0. The number of pyridine rings is 1. The normalized spacial score (nSPS) is 10.6. The molecule has 0 aromatic carbocycles. The van der Waals surface area contributed by atoms with E-state index in [1.165, 1.54) is 0 Å². The van der Waals surface area contributed by atoms with Crippen molar-refractivity contribution in [1.29, 1.82) is 0 Å². The number of rotatable bonds is 1. The fraction of sp³-hybridized carbons (Fsp3) is 0.125. The quantitative estimate of drug-likeness (QED) is 0.719. The molecule has 5 heteroatoms. The lowest BCUT2D eigenvalue weighted by atomic mass is 10.5. The van der Waals surface area contributed by atoms with Crippen LogP contribution in [0.4, 0.5) is 5.82 Å². The first-order chi connectivity index (χ1) is 6.22. The Morgan fingerprint density at radius 2 is 2.31 bits per heavy atom. The lowest BCUT2D eigenvalue weighted by Gasteiger charge is -1.94. The van der Waals surface area contributed by atoms with Crippen molar-refractivity contribution in [3.05, 3.63) is 33.4 Å². The van der Waals surface area contributed by atoms with Crippen molar-refractivity contribution < 1.29 is 0 Å². The average molecular weight is 240 g/mol. The number of aromatic nitrogens is 2. The fourth-order valence-corrected chi connectivity index (χ4v) is 1.57. The molecule has 0 atom stereocenters. The average Bonchev–Trinajstić information content (AvgIpc) is 2.40. The van der Waals surface area contributed by atoms with Gasteiger partial charge in [-0.25, -0.2) is 4.98 Å². The first-order valence-electron chi connectivity index (χ1n) is 3.70. The van der Waals surface area contributed by atoms with Crippen molar-refractivity contribution in [1.82, 2.24) is 9.38 Å². The lowest BCUT2D eigenvalue weighted by Crippen LogP contribution is -1.82. The summed E-state index contributed by atoms with van der Waals surface area (Å²) in [5.74, 6) is 0.358. The molecule has 0 bridgehead atoms. The standard InChI is InChI=1S/C8H6BrN3O/c1-5-8(11-13)12-4-6(9)2-3-7(12)10-5/h2-4H,1H3. The summed E-state index contributed by atoms with van der Waals surface area (Å²) in [4.78, 5) is 14.7. The number of nitrogens with zero attached hydrogens (tertiary/aromatic N) is 3. The van der Waals surface area contributed by atoms with Crippen molar-refractivity contribution in [3.63, 3.8) is 0 Å². The highest BCUT2D eigenvalue weighted by Gasteiger charge is 2.08. The van der Waals surface area contributed by atoms with Crippen molar-refractivity contribution >= 4 is 27.4 Å². The number of imidazole rings is 1. The number of fused-ring (bicyclic) bond motifs is 1. The number of halogens is 1. The van der Waals surface area contributed by atoms with Gasteiger partial charge in [-0.1, -0.05) is 0 Å². The van der Waals surface area contributed by atoms with Crippen LogP contribution in [0.3, 0.4) is 0 Å². The van der Waals surface area contributed by atoms with E-state index >= 15 is 0 Å². The Labute approximate surface area is 82.7 Å². The summed E-state index contributed by atoms with van der Waals surface area (Å²) >= 11 is 3.31. The maximum Gasteiger partial charge on any atom is 0.204 e. The third-order valence-corrected chi connectivity index (χ3v) is 2.28. The molecule has 0 aliphatic carbocycles. The molecule has 0 unspecified atom stereocenters. The van der Waals surface area contributed by atoms with Crippen molar-refractivity contribution in [2.24, 2.45) is 5.18 Å². The third-order valence-electron chi connectivity index (χ3n) is 1.81. The second kappa shape index (κ2) is 2.92. The van der Waals surface area contributed by atoms with Crippen molar-refractivity contribution in [2.45, 2.75) is 6.92 Å². The summed E-state index contributed by atoms with van der Waals surface area (Å²) in [5, 5.41) is 2.93. The zero-order valence-corrected chi connectivity index (χ0v) is 8.45. The first kappa shape index (κ1) is 8.37. The predicted molar refractivity (Wildman–Crippen MR) is 53.1 cm³/mol. The van der Waals surface area contributed by atoms with E-state index < -0.39 is 0 Å². The molecule has 0 spiro atoms. The van der Waals surface area contributed by atoms with E-state index in [-0.39, 0.29) is 0 Å². The predicted octanol–water partition coefficient (Wildman–Crippen LogP) is 2.80. The van der Waals surface area contributed by atoms with Crippen LogP contribution in [-0.2, 0) is 0 Å². The summed E-state index contributed by atoms with van der Waals surface area (Å²) in [6, 6.07) is 3.70. The molecule has 0 fully saturated rings. The van der Waals surface area contributed by atoms with E-state index in [9.17, 15) is 4.91 Å². The van der Waals surface area contributed by atoms with Crippen LogP contribution >= 0.6 is 15.9 Å². The van der Waals surface area contributed by atoms with Crippen LogP contribution < -0.4 is 0 Å². The molecular formula is C8H6BrN3O. The molecule has 0 saturated carbocycles. The topological polar surface area (TPSA) is 46.7 Å². The van der Waals surface area contributed by atoms with Gasteiger partial charge in [-0.05, 0) is 40.2 Å². The number of aryl methyl sites for hydroxylation is 1. The highest BCUT2D eigenvalue weighted by Crippen LogP contribution is 2.22. The maximum absolute atomic E-state index is 10.5. The largest absolute Gasteiger partial charge is 0.280 e. The Bertz CT molecular complexity index is 477. The van der Waals surface area contributed by atoms with Crippen molar-refractivity contribution in [3.8, 4) is 0 Å². The zero-order chi connectivity index (χ0) is 9.42. The molecule has 2 rings (SSSR count). The van der Waals surface area contributed by atoms with Crippen LogP contribution in [0.15, 0.2) is 28.0 Å². The molecule has 0 radical (unpaired) electrons. The van der Waals surface area contributed by atoms with E-state index in [1.807, 2.05) is 12.1 Å². The molecule has 13 heavy (non-hydrogen) atoms. The monoisotopic (exact) mass is 239 g/mol. The van der Waals surface area contributed by atoms with E-state index in [1.54, 1.807) is 17.5 Å². The van der Waals surface area contributed by atoms with Gasteiger partial charge in [0, 0.05) is 10.7 Å². The SMILES string of the molecule is Cc1nc2ccc(Br)cn2c1N=O. The molecule has 2 aromatic heterocycles. The van der Waals surface area contributed by atoms with Crippen LogP contribution in [0.5, 0.6) is 0 Å². The minimum atomic E-state index is 0.358. The molecule has 2 aromatic rings. The molecule has 4 nitrogen and oxygen atoms in total. The van der Waals surface area contributed by atoms with Gasteiger partial charge >= 0.3 is 0 Å². The minimum absolute atomic E-state index is 0.358. The molecule has 66 valence electrons. The van der Waals surface area contributed by atoms with E-state index in [0.717, 1.165) is 10.1 Å². The Kier molecular flexibility index (Phi) is 1.88. The van der Waals surface area contributed by atoms with Crippen LogP contribution in [-0.4, -0.2) is 9.38 Å². The molecule has 0 aliphatic rings. The summed E-state index contributed by atoms with van der Waals surface area (Å²) in [6.07, 6.45) is 1.77. The highest BCUT2D eigenvalue weighted by molar-refractivity contribution is 9.10. The fourth-order valence-electron chi connectivity index (χ4n) is 1.23. The van der Waals surface area contributed by atoms with E-state index in [2.05, 4.69) is 26.1 Å². The van der Waals surface area contributed by atoms with Crippen LogP contribution in [0.25, 0.3) is 5.65 Å². The lowest BCUT2D eigenvalue weighted by molar-refractivity contribution is 1.15. The van der Waals surface area contributed by atoms with Gasteiger partial charge in [-0.3, -0.25) is 4.40 Å². The van der Waals surface area contributed by atoms with Gasteiger partial charge in [0.1, 0.15) is 5.65 Å². The van der Waals surface area contributed by atoms with Gasteiger partial charge in [0.2, 0.25) is 5.82 Å². The molecule has 0 N–H and O–H groups in total. The molecule has 0 saturated heterocycles. The van der Waals surface area contributed by atoms with Gasteiger partial charge in [-0.2, -0.15) is 0 Å². The Morgan fingerprint density at radius 3 is 3.00 bits per heavy atom. The van der Waals surface area contributed by atoms with Gasteiger partial charge in [0.15, 0.2) is 0 Å². The maximum atomic E-state index is 10.5. The van der Waals surface area contributed by atoms with Gasteiger partial charge in [0.05, 0.1) is 5.69 Å². The summed E-state index contributed by atoms with van der Waals surface area (Å²) in [7, 11) is 0. The van der Waals surface area contributed by atoms with E-state index in [0.29, 0.717) is 11.5 Å². The third kappa shape index (κ3) is 1.25. The van der Waals surface area contributed by atoms with Gasteiger partial charge in [-0.15, -0.1) is 4.91 Å². The summed E-state index contributed by atoms with van der Waals surface area (Å²) in [6.45, 7) is 1.76. The first-order valence-corrected chi connectivity index (χ1v) is 4.49. The van der Waals surface area contributed by atoms with Crippen LogP contribution in [0.2, 0.25) is 0 Å². The summed E-state index contributed by atoms with van der Waals surface area (Å²) in [5.41, 5.74) is 1.38. The number of hydrogen-bond acceptors (Lipinski definition) is 3.